The van der Waals surface area contributed by atoms with Gasteiger partial charge < -0.3 is 4.52 Å². The van der Waals surface area contributed by atoms with Crippen molar-refractivity contribution in [2.45, 2.75) is 65.7 Å². The Kier molecular flexibility index (Phi) is 12.8. The van der Waals surface area contributed by atoms with Gasteiger partial charge in [0.2, 0.25) is 0 Å². The second-order valence-corrected chi connectivity index (χ2v) is 6.29. The molecule has 0 heterocycles. The van der Waals surface area contributed by atoms with Gasteiger partial charge in [-0.05, 0) is 31.6 Å². The lowest BCUT2D eigenvalue weighted by Gasteiger charge is -2.17. The minimum absolute atomic E-state index is 0.0890. The Balaban J connectivity index is 3.49. The summed E-state index contributed by atoms with van der Waals surface area (Å²) >= 11 is 0. The third kappa shape index (κ3) is 10.7. The first kappa shape index (κ1) is 15.4. The summed E-state index contributed by atoms with van der Waals surface area (Å²) in [6, 6.07) is 0. The molecule has 0 atom stereocenters. The standard InChI is InChI=1S/C13H29OP/c1-4-7-10-11-14-15(12-8-5-2)13-9-6-3/h4-13H2,1-3H3. The molecule has 0 unspecified atom stereocenters. The molecule has 0 bridgehead atoms. The fourth-order valence-electron chi connectivity index (χ4n) is 1.46. The fourth-order valence-corrected chi connectivity index (χ4v) is 3.66. The van der Waals surface area contributed by atoms with Gasteiger partial charge in [-0.3, -0.25) is 0 Å². The van der Waals surface area contributed by atoms with Gasteiger partial charge in [-0.2, -0.15) is 0 Å². The zero-order valence-corrected chi connectivity index (χ0v) is 11.8. The normalized spacial score (nSPS) is 11.2. The predicted molar refractivity (Wildman–Crippen MR) is 71.9 cm³/mol. The highest BCUT2D eigenvalue weighted by Crippen LogP contribution is 2.39. The lowest BCUT2D eigenvalue weighted by atomic mass is 10.3. The molecule has 0 rings (SSSR count). The average Bonchev–Trinajstić information content (AvgIpc) is 2.27. The van der Waals surface area contributed by atoms with Crippen LogP contribution in [0.1, 0.15) is 65.7 Å². The third-order valence-electron chi connectivity index (χ3n) is 2.54. The predicted octanol–water partition coefficient (Wildman–Crippen LogP) is 5.19. The maximum Gasteiger partial charge on any atom is 0.0508 e. The topological polar surface area (TPSA) is 9.23 Å². The first-order valence-corrected chi connectivity index (χ1v) is 8.36. The summed E-state index contributed by atoms with van der Waals surface area (Å²) in [5.41, 5.74) is 0. The summed E-state index contributed by atoms with van der Waals surface area (Å²) in [5.74, 6) is 0. The highest BCUT2D eigenvalue weighted by Gasteiger charge is 2.07. The van der Waals surface area contributed by atoms with E-state index in [2.05, 4.69) is 20.8 Å². The van der Waals surface area contributed by atoms with Crippen LogP contribution in [0.3, 0.4) is 0 Å². The van der Waals surface area contributed by atoms with Gasteiger partial charge in [0.15, 0.2) is 0 Å². The van der Waals surface area contributed by atoms with Crippen LogP contribution in [0.5, 0.6) is 0 Å². The maximum atomic E-state index is 6.01. The molecule has 1 nitrogen and oxygen atoms in total. The van der Waals surface area contributed by atoms with E-state index in [1.165, 1.54) is 57.3 Å². The van der Waals surface area contributed by atoms with Crippen LogP contribution in [-0.4, -0.2) is 18.9 Å². The van der Waals surface area contributed by atoms with Gasteiger partial charge >= 0.3 is 0 Å². The summed E-state index contributed by atoms with van der Waals surface area (Å²) in [6.07, 6.45) is 11.9. The number of hydrogen-bond acceptors (Lipinski definition) is 1. The minimum atomic E-state index is -0.0890. The first-order chi connectivity index (χ1) is 7.35. The van der Waals surface area contributed by atoms with Gasteiger partial charge in [0.25, 0.3) is 0 Å². The van der Waals surface area contributed by atoms with Crippen molar-refractivity contribution in [2.75, 3.05) is 18.9 Å². The summed E-state index contributed by atoms with van der Waals surface area (Å²) in [5, 5.41) is 0. The van der Waals surface area contributed by atoms with Gasteiger partial charge in [-0.15, -0.1) is 0 Å². The molecule has 0 aliphatic carbocycles. The van der Waals surface area contributed by atoms with Crippen LogP contribution in [0.2, 0.25) is 0 Å². The van der Waals surface area contributed by atoms with Crippen molar-refractivity contribution in [1.29, 1.82) is 0 Å². The van der Waals surface area contributed by atoms with Crippen molar-refractivity contribution >= 4 is 8.15 Å². The molecule has 0 fully saturated rings. The Morgan fingerprint density at radius 1 is 0.733 bits per heavy atom. The molecule has 0 radical (unpaired) electrons. The van der Waals surface area contributed by atoms with Crippen LogP contribution in [-0.2, 0) is 4.52 Å². The van der Waals surface area contributed by atoms with Crippen molar-refractivity contribution in [3.8, 4) is 0 Å². The van der Waals surface area contributed by atoms with E-state index in [1.54, 1.807) is 0 Å². The molecule has 0 saturated carbocycles. The molecule has 0 spiro atoms. The van der Waals surface area contributed by atoms with Crippen molar-refractivity contribution in [3.05, 3.63) is 0 Å². The smallest absolute Gasteiger partial charge is 0.0508 e. The molecule has 0 aliphatic heterocycles. The van der Waals surface area contributed by atoms with E-state index in [9.17, 15) is 0 Å². The zero-order valence-electron chi connectivity index (χ0n) is 10.9. The minimum Gasteiger partial charge on any atom is -0.359 e. The molecule has 0 aliphatic rings. The Morgan fingerprint density at radius 2 is 1.27 bits per heavy atom. The second kappa shape index (κ2) is 12.5. The lowest BCUT2D eigenvalue weighted by Crippen LogP contribution is -1.97. The number of hydrogen-bond donors (Lipinski definition) is 0. The highest BCUT2D eigenvalue weighted by molar-refractivity contribution is 7.52. The number of unbranched alkanes of at least 4 members (excludes halogenated alkanes) is 4. The van der Waals surface area contributed by atoms with E-state index >= 15 is 0 Å². The van der Waals surface area contributed by atoms with Gasteiger partial charge in [-0.1, -0.05) is 46.5 Å². The van der Waals surface area contributed by atoms with Crippen LogP contribution in [0.4, 0.5) is 0 Å². The van der Waals surface area contributed by atoms with Gasteiger partial charge in [0.05, 0.1) is 6.61 Å². The molecule has 2 heteroatoms. The third-order valence-corrected chi connectivity index (χ3v) is 4.72. The van der Waals surface area contributed by atoms with Crippen molar-refractivity contribution < 1.29 is 4.52 Å². The van der Waals surface area contributed by atoms with Crippen molar-refractivity contribution in [3.63, 3.8) is 0 Å². The lowest BCUT2D eigenvalue weighted by molar-refractivity contribution is 0.336. The highest BCUT2D eigenvalue weighted by atomic mass is 31.1. The quantitative estimate of drug-likeness (QED) is 0.352. The fraction of sp³-hybridized carbons (Fsp3) is 1.00. The molecule has 0 aromatic heterocycles. The Bertz CT molecular complexity index is 109. The molecule has 0 amide bonds. The molecule has 0 saturated heterocycles. The van der Waals surface area contributed by atoms with E-state index < -0.39 is 0 Å². The summed E-state index contributed by atoms with van der Waals surface area (Å²) < 4.78 is 6.01. The largest absolute Gasteiger partial charge is 0.359 e. The van der Waals surface area contributed by atoms with Crippen LogP contribution in [0, 0.1) is 0 Å². The number of rotatable bonds is 11. The Hall–Kier alpha value is 0.390. The van der Waals surface area contributed by atoms with Gasteiger partial charge in [0, 0.05) is 8.15 Å². The van der Waals surface area contributed by atoms with Crippen molar-refractivity contribution in [1.82, 2.24) is 0 Å². The summed E-state index contributed by atoms with van der Waals surface area (Å²) in [7, 11) is -0.0890. The SMILES string of the molecule is CCCCCOP(CCCC)CCCC. The summed E-state index contributed by atoms with van der Waals surface area (Å²) in [6.45, 7) is 7.79. The van der Waals surface area contributed by atoms with E-state index in [0.29, 0.717) is 0 Å². The van der Waals surface area contributed by atoms with E-state index in [0.717, 1.165) is 6.61 Å². The van der Waals surface area contributed by atoms with Gasteiger partial charge in [0.1, 0.15) is 0 Å². The summed E-state index contributed by atoms with van der Waals surface area (Å²) in [4.78, 5) is 0. The average molecular weight is 232 g/mol. The molecule has 0 aromatic carbocycles. The van der Waals surface area contributed by atoms with Crippen molar-refractivity contribution in [2.24, 2.45) is 0 Å². The molecular weight excluding hydrogens is 203 g/mol. The van der Waals surface area contributed by atoms with Crippen LogP contribution in [0.15, 0.2) is 0 Å². The monoisotopic (exact) mass is 232 g/mol. The van der Waals surface area contributed by atoms with E-state index in [1.807, 2.05) is 0 Å². The van der Waals surface area contributed by atoms with E-state index in [4.69, 9.17) is 4.52 Å². The molecule has 15 heavy (non-hydrogen) atoms. The second-order valence-electron chi connectivity index (χ2n) is 4.18. The molecule has 0 aromatic rings. The van der Waals surface area contributed by atoms with Crippen LogP contribution < -0.4 is 0 Å². The zero-order chi connectivity index (χ0) is 11.4. The Labute approximate surface area is 97.8 Å². The maximum absolute atomic E-state index is 6.01. The molecule has 0 N–H and O–H groups in total. The van der Waals surface area contributed by atoms with Gasteiger partial charge in [-0.25, -0.2) is 0 Å². The molecular formula is C13H29OP. The first-order valence-electron chi connectivity index (χ1n) is 6.73. The van der Waals surface area contributed by atoms with Crippen LogP contribution >= 0.6 is 8.15 Å². The Morgan fingerprint density at radius 3 is 1.73 bits per heavy atom. The molecule has 92 valence electrons. The van der Waals surface area contributed by atoms with E-state index in [-0.39, 0.29) is 8.15 Å². The van der Waals surface area contributed by atoms with Crippen LogP contribution in [0.25, 0.3) is 0 Å².